The van der Waals surface area contributed by atoms with Crippen LogP contribution in [0.2, 0.25) is 0 Å². The summed E-state index contributed by atoms with van der Waals surface area (Å²) in [6.45, 7) is 7.99. The van der Waals surface area contributed by atoms with Crippen LogP contribution in [-0.4, -0.2) is 38.6 Å². The van der Waals surface area contributed by atoms with Crippen molar-refractivity contribution in [2.45, 2.75) is 32.6 Å². The predicted octanol–water partition coefficient (Wildman–Crippen LogP) is 3.85. The van der Waals surface area contributed by atoms with E-state index in [2.05, 4.69) is 25.3 Å². The highest BCUT2D eigenvalue weighted by molar-refractivity contribution is 7.89. The second-order valence-corrected chi connectivity index (χ2v) is 9.33. The molecule has 9 heteroatoms. The quantitative estimate of drug-likeness (QED) is 0.421. The molecule has 0 saturated heterocycles. The van der Waals surface area contributed by atoms with E-state index in [0.29, 0.717) is 23.2 Å². The maximum Gasteiger partial charge on any atom is 0.241 e. The Balaban J connectivity index is 1.61. The van der Waals surface area contributed by atoms with Gasteiger partial charge in [-0.1, -0.05) is 17.7 Å². The van der Waals surface area contributed by atoms with Gasteiger partial charge < -0.3 is 15.4 Å². The summed E-state index contributed by atoms with van der Waals surface area (Å²) < 4.78 is 33.4. The Kier molecular flexibility index (Phi) is 7.32. The van der Waals surface area contributed by atoms with Gasteiger partial charge in [0.15, 0.2) is 0 Å². The van der Waals surface area contributed by atoms with Crippen molar-refractivity contribution in [2.75, 3.05) is 30.8 Å². The highest BCUT2D eigenvalue weighted by Crippen LogP contribution is 2.22. The molecule has 0 amide bonds. The van der Waals surface area contributed by atoms with Crippen molar-refractivity contribution < 1.29 is 13.2 Å². The first-order chi connectivity index (χ1) is 15.2. The third-order valence-corrected chi connectivity index (χ3v) is 6.56. The number of hydrogen-bond acceptors (Lipinski definition) is 7. The topological polar surface area (TPSA) is 105 Å². The van der Waals surface area contributed by atoms with Crippen molar-refractivity contribution in [2.24, 2.45) is 0 Å². The highest BCUT2D eigenvalue weighted by atomic mass is 32.2. The van der Waals surface area contributed by atoms with Crippen LogP contribution in [0.25, 0.3) is 0 Å². The van der Waals surface area contributed by atoms with Crippen molar-refractivity contribution in [1.82, 2.24) is 14.7 Å². The Bertz CT molecular complexity index is 1170. The Morgan fingerprint density at radius 1 is 0.906 bits per heavy atom. The fourth-order valence-corrected chi connectivity index (χ4v) is 5.04. The number of nitrogens with zero attached hydrogens (tertiary/aromatic N) is 2. The molecule has 0 spiro atoms. The summed E-state index contributed by atoms with van der Waals surface area (Å²) in [6.07, 6.45) is 0. The fraction of sp³-hybridized carbons (Fsp3) is 0.304. The lowest BCUT2D eigenvalue weighted by Crippen LogP contribution is -2.30. The Hall–Kier alpha value is -3.17. The van der Waals surface area contributed by atoms with Gasteiger partial charge >= 0.3 is 0 Å². The van der Waals surface area contributed by atoms with Gasteiger partial charge in [-0.15, -0.1) is 0 Å². The van der Waals surface area contributed by atoms with Crippen molar-refractivity contribution in [3.8, 4) is 5.75 Å². The lowest BCUT2D eigenvalue weighted by molar-refractivity contribution is 0.415. The SMILES string of the molecule is COc1ccc(Nc2cc(C)nc(NCCNS(=O)(=O)c3c(C)cc(C)cc3C)n2)cc1. The van der Waals surface area contributed by atoms with E-state index >= 15 is 0 Å². The van der Waals surface area contributed by atoms with E-state index in [4.69, 9.17) is 4.74 Å². The number of ether oxygens (including phenoxy) is 1. The molecule has 2 aromatic carbocycles. The molecule has 0 aliphatic carbocycles. The third-order valence-electron chi connectivity index (χ3n) is 4.79. The maximum atomic E-state index is 12.8. The van der Waals surface area contributed by atoms with Crippen LogP contribution in [0, 0.1) is 27.7 Å². The van der Waals surface area contributed by atoms with Gasteiger partial charge in [0, 0.05) is 30.5 Å². The molecule has 32 heavy (non-hydrogen) atoms. The standard InChI is InChI=1S/C23H29N5O3S/c1-15-12-16(2)22(17(3)13-15)32(29,30)25-11-10-24-23-26-18(4)14-21(28-23)27-19-6-8-20(31-5)9-7-19/h6-9,12-14,25H,10-11H2,1-5H3,(H2,24,26,27,28). The summed E-state index contributed by atoms with van der Waals surface area (Å²) in [5, 5.41) is 6.31. The molecule has 3 aromatic rings. The third kappa shape index (κ3) is 5.95. The van der Waals surface area contributed by atoms with Gasteiger partial charge in [0.1, 0.15) is 11.6 Å². The van der Waals surface area contributed by atoms with Gasteiger partial charge in [0.05, 0.1) is 12.0 Å². The zero-order chi connectivity index (χ0) is 23.3. The number of rotatable bonds is 9. The zero-order valence-corrected chi connectivity index (χ0v) is 19.8. The minimum Gasteiger partial charge on any atom is -0.497 e. The van der Waals surface area contributed by atoms with Gasteiger partial charge in [0.25, 0.3) is 0 Å². The highest BCUT2D eigenvalue weighted by Gasteiger charge is 2.19. The van der Waals surface area contributed by atoms with Gasteiger partial charge in [-0.2, -0.15) is 4.98 Å². The molecule has 1 heterocycles. The summed E-state index contributed by atoms with van der Waals surface area (Å²) in [4.78, 5) is 9.17. The average Bonchev–Trinajstić information content (AvgIpc) is 2.70. The van der Waals surface area contributed by atoms with Crippen LogP contribution < -0.4 is 20.1 Å². The van der Waals surface area contributed by atoms with Crippen LogP contribution in [0.5, 0.6) is 5.75 Å². The molecule has 0 fully saturated rings. The van der Waals surface area contributed by atoms with Crippen LogP contribution in [0.3, 0.4) is 0 Å². The van der Waals surface area contributed by atoms with E-state index in [1.807, 2.05) is 70.2 Å². The molecule has 0 unspecified atom stereocenters. The van der Waals surface area contributed by atoms with E-state index < -0.39 is 10.0 Å². The lowest BCUT2D eigenvalue weighted by atomic mass is 10.1. The number of aromatic nitrogens is 2. The Morgan fingerprint density at radius 3 is 2.19 bits per heavy atom. The number of sulfonamides is 1. The summed E-state index contributed by atoms with van der Waals surface area (Å²) in [7, 11) is -1.99. The molecule has 0 atom stereocenters. The summed E-state index contributed by atoms with van der Waals surface area (Å²) in [6, 6.07) is 13.1. The van der Waals surface area contributed by atoms with Crippen LogP contribution in [0.15, 0.2) is 47.4 Å². The van der Waals surface area contributed by atoms with Crippen molar-refractivity contribution >= 4 is 27.5 Å². The first-order valence-corrected chi connectivity index (χ1v) is 11.7. The number of aryl methyl sites for hydroxylation is 4. The van der Waals surface area contributed by atoms with Crippen LogP contribution in [-0.2, 0) is 10.0 Å². The van der Waals surface area contributed by atoms with Crippen LogP contribution >= 0.6 is 0 Å². The molecule has 8 nitrogen and oxygen atoms in total. The molecule has 0 bridgehead atoms. The van der Waals surface area contributed by atoms with Crippen LogP contribution in [0.4, 0.5) is 17.5 Å². The van der Waals surface area contributed by atoms with Gasteiger partial charge in [0.2, 0.25) is 16.0 Å². The molecule has 0 aliphatic heterocycles. The Labute approximate surface area is 189 Å². The lowest BCUT2D eigenvalue weighted by Gasteiger charge is -2.14. The largest absolute Gasteiger partial charge is 0.497 e. The smallest absolute Gasteiger partial charge is 0.241 e. The van der Waals surface area contributed by atoms with Gasteiger partial charge in [-0.25, -0.2) is 18.1 Å². The first kappa shape index (κ1) is 23.5. The summed E-state index contributed by atoms with van der Waals surface area (Å²) >= 11 is 0. The molecule has 0 aliphatic rings. The molecular weight excluding hydrogens is 426 g/mol. The van der Waals surface area contributed by atoms with Gasteiger partial charge in [-0.05, 0) is 63.1 Å². The average molecular weight is 456 g/mol. The van der Waals surface area contributed by atoms with E-state index in [-0.39, 0.29) is 6.54 Å². The zero-order valence-electron chi connectivity index (χ0n) is 19.0. The second kappa shape index (κ2) is 9.97. The number of hydrogen-bond donors (Lipinski definition) is 3. The number of benzene rings is 2. The van der Waals surface area contributed by atoms with Crippen molar-refractivity contribution in [3.05, 3.63) is 64.8 Å². The van der Waals surface area contributed by atoms with Crippen molar-refractivity contribution in [1.29, 1.82) is 0 Å². The molecular formula is C23H29N5O3S. The van der Waals surface area contributed by atoms with Crippen LogP contribution in [0.1, 0.15) is 22.4 Å². The molecule has 3 rings (SSSR count). The second-order valence-electron chi connectivity index (χ2n) is 7.62. The molecule has 1 aromatic heterocycles. The minimum atomic E-state index is -3.61. The minimum absolute atomic E-state index is 0.202. The monoisotopic (exact) mass is 455 g/mol. The van der Waals surface area contributed by atoms with E-state index in [1.54, 1.807) is 7.11 Å². The normalized spacial score (nSPS) is 11.3. The summed E-state index contributed by atoms with van der Waals surface area (Å²) in [5.74, 6) is 1.83. The Morgan fingerprint density at radius 2 is 1.56 bits per heavy atom. The van der Waals surface area contributed by atoms with E-state index in [0.717, 1.165) is 33.8 Å². The summed E-state index contributed by atoms with van der Waals surface area (Å²) in [5.41, 5.74) is 4.16. The van der Waals surface area contributed by atoms with Gasteiger partial charge in [-0.3, -0.25) is 0 Å². The molecule has 3 N–H and O–H groups in total. The number of methoxy groups -OCH3 is 1. The first-order valence-electron chi connectivity index (χ1n) is 10.3. The van der Waals surface area contributed by atoms with Crippen molar-refractivity contribution in [3.63, 3.8) is 0 Å². The molecule has 0 radical (unpaired) electrons. The van der Waals surface area contributed by atoms with E-state index in [1.165, 1.54) is 0 Å². The maximum absolute atomic E-state index is 12.8. The fourth-order valence-electron chi connectivity index (χ4n) is 3.56. The number of nitrogens with one attached hydrogen (secondary N) is 3. The predicted molar refractivity (Wildman–Crippen MR) is 127 cm³/mol. The van der Waals surface area contributed by atoms with E-state index in [9.17, 15) is 8.42 Å². The number of anilines is 3. The molecule has 170 valence electrons. The molecule has 0 saturated carbocycles.